The Bertz CT molecular complexity index is 1110. The molecular formula is C26H38F3N3O5S. The summed E-state index contributed by atoms with van der Waals surface area (Å²) in [6.07, 6.45) is -2.93. The molecule has 1 aliphatic carbocycles. The highest BCUT2D eigenvalue weighted by molar-refractivity contribution is 7.89. The van der Waals surface area contributed by atoms with Crippen molar-refractivity contribution in [2.45, 2.75) is 102 Å². The average molecular weight is 562 g/mol. The van der Waals surface area contributed by atoms with Crippen LogP contribution in [0.3, 0.4) is 0 Å². The molecule has 1 aromatic carbocycles. The number of hydrogen-bond donors (Lipinski definition) is 1. The number of ether oxygens (including phenoxy) is 1. The highest BCUT2D eigenvalue weighted by Crippen LogP contribution is 2.38. The number of hydrogen-bond acceptors (Lipinski definition) is 5. The van der Waals surface area contributed by atoms with Crippen LogP contribution in [-0.2, 0) is 25.7 Å². The molecule has 1 aliphatic heterocycles. The van der Waals surface area contributed by atoms with Crippen molar-refractivity contribution in [3.63, 3.8) is 0 Å². The highest BCUT2D eigenvalue weighted by atomic mass is 32.2. The van der Waals surface area contributed by atoms with Crippen LogP contribution in [0.2, 0.25) is 0 Å². The standard InChI is InChI=1S/C26H38F3N3O5S/c1-17(2)15-22(30-24(34)37-25(3,4)5)23(33)31-13-11-20(12-14-31)32(19-9-10-19)38(35,36)21-8-6-7-18(16-21)26(27,28)29/h6-8,16-17,19-20,22H,9-15H2,1-5H3,(H,30,34)/t22-/m0/s1. The van der Waals surface area contributed by atoms with Crippen LogP contribution in [0.25, 0.3) is 0 Å². The van der Waals surface area contributed by atoms with Crippen LogP contribution < -0.4 is 5.32 Å². The first-order valence-corrected chi connectivity index (χ1v) is 14.4. The summed E-state index contributed by atoms with van der Waals surface area (Å²) >= 11 is 0. The fourth-order valence-electron chi connectivity index (χ4n) is 4.68. The zero-order chi connectivity index (χ0) is 28.5. The number of piperidine rings is 1. The molecule has 0 radical (unpaired) electrons. The molecule has 8 nitrogen and oxygen atoms in total. The summed E-state index contributed by atoms with van der Waals surface area (Å²) in [6, 6.07) is 2.35. The second kappa shape index (κ2) is 11.4. The normalized spacial score (nSPS) is 18.5. The summed E-state index contributed by atoms with van der Waals surface area (Å²) in [5.41, 5.74) is -1.73. The molecule has 0 aromatic heterocycles. The van der Waals surface area contributed by atoms with Gasteiger partial charge < -0.3 is 15.0 Å². The summed E-state index contributed by atoms with van der Waals surface area (Å²) < 4.78 is 73.3. The van der Waals surface area contributed by atoms with Gasteiger partial charge in [0.15, 0.2) is 0 Å². The first-order valence-electron chi connectivity index (χ1n) is 13.0. The van der Waals surface area contributed by atoms with E-state index >= 15 is 0 Å². The second-order valence-corrected chi connectivity index (χ2v) is 13.3. The first kappa shape index (κ1) is 30.2. The van der Waals surface area contributed by atoms with Crippen LogP contribution in [0.5, 0.6) is 0 Å². The number of nitrogens with zero attached hydrogens (tertiary/aromatic N) is 2. The van der Waals surface area contributed by atoms with Gasteiger partial charge in [0.05, 0.1) is 10.5 Å². The zero-order valence-corrected chi connectivity index (χ0v) is 23.4. The third kappa shape index (κ3) is 7.84. The van der Waals surface area contributed by atoms with Gasteiger partial charge in [0, 0.05) is 25.2 Å². The molecule has 1 atom stereocenters. The van der Waals surface area contributed by atoms with Crippen molar-refractivity contribution in [1.82, 2.24) is 14.5 Å². The van der Waals surface area contributed by atoms with E-state index in [0.29, 0.717) is 38.2 Å². The lowest BCUT2D eigenvalue weighted by Crippen LogP contribution is -2.54. The third-order valence-corrected chi connectivity index (χ3v) is 8.48. The molecule has 3 rings (SSSR count). The largest absolute Gasteiger partial charge is 0.444 e. The number of carbonyl (C=O) groups excluding carboxylic acids is 2. The molecule has 2 amide bonds. The van der Waals surface area contributed by atoms with Gasteiger partial charge in [-0.1, -0.05) is 19.9 Å². The molecular weight excluding hydrogens is 523 g/mol. The number of likely N-dealkylation sites (tertiary alicyclic amines) is 1. The number of nitrogens with one attached hydrogen (secondary N) is 1. The van der Waals surface area contributed by atoms with Gasteiger partial charge in [0.2, 0.25) is 15.9 Å². The molecule has 1 saturated carbocycles. The summed E-state index contributed by atoms with van der Waals surface area (Å²) in [5, 5.41) is 2.68. The van der Waals surface area contributed by atoms with Crippen molar-refractivity contribution in [2.75, 3.05) is 13.1 Å². The number of amides is 2. The fraction of sp³-hybridized carbons (Fsp3) is 0.692. The Morgan fingerprint density at radius 3 is 2.16 bits per heavy atom. The van der Waals surface area contributed by atoms with Crippen LogP contribution in [0.15, 0.2) is 29.2 Å². The smallest absolute Gasteiger partial charge is 0.416 e. The number of benzene rings is 1. The van der Waals surface area contributed by atoms with Crippen LogP contribution in [0, 0.1) is 5.92 Å². The van der Waals surface area contributed by atoms with E-state index in [1.165, 1.54) is 10.4 Å². The van der Waals surface area contributed by atoms with E-state index in [-0.39, 0.29) is 35.9 Å². The fourth-order valence-corrected chi connectivity index (χ4v) is 6.65. The minimum Gasteiger partial charge on any atom is -0.444 e. The molecule has 0 bridgehead atoms. The molecule has 2 fully saturated rings. The topological polar surface area (TPSA) is 96.0 Å². The van der Waals surface area contributed by atoms with Crippen LogP contribution in [-0.4, -0.2) is 66.4 Å². The minimum atomic E-state index is -4.65. The van der Waals surface area contributed by atoms with E-state index in [1.807, 2.05) is 13.8 Å². The number of alkyl carbamates (subject to hydrolysis) is 1. The van der Waals surface area contributed by atoms with Crippen molar-refractivity contribution in [3.8, 4) is 0 Å². The maximum absolute atomic E-state index is 13.5. The van der Waals surface area contributed by atoms with Gasteiger partial charge in [-0.2, -0.15) is 17.5 Å². The van der Waals surface area contributed by atoms with Gasteiger partial charge >= 0.3 is 12.3 Å². The minimum absolute atomic E-state index is 0.124. The van der Waals surface area contributed by atoms with Gasteiger partial charge in [-0.05, 0) is 77.0 Å². The van der Waals surface area contributed by atoms with Crippen molar-refractivity contribution >= 4 is 22.0 Å². The number of carbonyl (C=O) groups is 2. The molecule has 0 unspecified atom stereocenters. The number of rotatable bonds is 8. The molecule has 1 aromatic rings. The lowest BCUT2D eigenvalue weighted by Gasteiger charge is -2.39. The van der Waals surface area contributed by atoms with Crippen LogP contribution in [0.1, 0.15) is 72.3 Å². The average Bonchev–Trinajstić information content (AvgIpc) is 3.61. The van der Waals surface area contributed by atoms with E-state index in [9.17, 15) is 31.2 Å². The Hall–Kier alpha value is -2.34. The molecule has 1 N–H and O–H groups in total. The Labute approximate surface area is 222 Å². The first-order chi connectivity index (χ1) is 17.5. The van der Waals surface area contributed by atoms with E-state index in [1.54, 1.807) is 25.7 Å². The maximum Gasteiger partial charge on any atom is 0.416 e. The lowest BCUT2D eigenvalue weighted by molar-refractivity contribution is -0.137. The quantitative estimate of drug-likeness (QED) is 0.493. The monoisotopic (exact) mass is 561 g/mol. The number of halogens is 3. The molecule has 2 aliphatic rings. The number of alkyl halides is 3. The zero-order valence-electron chi connectivity index (χ0n) is 22.5. The van der Waals surface area contributed by atoms with Gasteiger partial charge in [-0.25, -0.2) is 13.2 Å². The molecule has 38 heavy (non-hydrogen) atoms. The second-order valence-electron chi connectivity index (χ2n) is 11.5. The lowest BCUT2D eigenvalue weighted by atomic mass is 10.00. The summed E-state index contributed by atoms with van der Waals surface area (Å²) in [7, 11) is -4.17. The van der Waals surface area contributed by atoms with Gasteiger partial charge in [0.1, 0.15) is 11.6 Å². The van der Waals surface area contributed by atoms with Crippen LogP contribution >= 0.6 is 0 Å². The van der Waals surface area contributed by atoms with Crippen molar-refractivity contribution in [2.24, 2.45) is 5.92 Å². The molecule has 214 valence electrons. The summed E-state index contributed by atoms with van der Waals surface area (Å²) in [4.78, 5) is 26.9. The maximum atomic E-state index is 13.5. The molecule has 1 saturated heterocycles. The Kier molecular flexibility index (Phi) is 9.07. The Morgan fingerprint density at radius 2 is 1.66 bits per heavy atom. The van der Waals surface area contributed by atoms with Gasteiger partial charge in [0.25, 0.3) is 0 Å². The van der Waals surface area contributed by atoms with E-state index in [0.717, 1.165) is 12.1 Å². The molecule has 0 spiro atoms. The Morgan fingerprint density at radius 1 is 1.08 bits per heavy atom. The van der Waals surface area contributed by atoms with Gasteiger partial charge in [-0.15, -0.1) is 0 Å². The van der Waals surface area contributed by atoms with Crippen molar-refractivity contribution in [3.05, 3.63) is 29.8 Å². The SMILES string of the molecule is CC(C)C[C@H](NC(=O)OC(C)(C)C)C(=O)N1CCC(N(C2CC2)S(=O)(=O)c2cccc(C(F)(F)F)c2)CC1. The summed E-state index contributed by atoms with van der Waals surface area (Å²) in [5.74, 6) is -0.138. The predicted octanol–water partition coefficient (Wildman–Crippen LogP) is 4.79. The molecule has 1 heterocycles. The summed E-state index contributed by atoms with van der Waals surface area (Å²) in [6.45, 7) is 9.62. The van der Waals surface area contributed by atoms with Crippen LogP contribution in [0.4, 0.5) is 18.0 Å². The van der Waals surface area contributed by atoms with E-state index in [4.69, 9.17) is 4.74 Å². The van der Waals surface area contributed by atoms with Crippen molar-refractivity contribution in [1.29, 1.82) is 0 Å². The molecule has 12 heteroatoms. The van der Waals surface area contributed by atoms with E-state index < -0.39 is 45.5 Å². The highest BCUT2D eigenvalue weighted by Gasteiger charge is 2.45. The Balaban J connectivity index is 1.72. The predicted molar refractivity (Wildman–Crippen MR) is 136 cm³/mol. The number of sulfonamides is 1. The van der Waals surface area contributed by atoms with Crippen molar-refractivity contribution < 1.29 is 35.9 Å². The van der Waals surface area contributed by atoms with E-state index in [2.05, 4.69) is 5.32 Å². The van der Waals surface area contributed by atoms with Gasteiger partial charge in [-0.3, -0.25) is 4.79 Å². The third-order valence-electron chi connectivity index (χ3n) is 6.48.